The van der Waals surface area contributed by atoms with Gasteiger partial charge in [-0.25, -0.2) is 0 Å². The summed E-state index contributed by atoms with van der Waals surface area (Å²) in [5.41, 5.74) is 9.58. The lowest BCUT2D eigenvalue weighted by molar-refractivity contribution is -0.137. The number of nitrogens with two attached hydrogens (primary N) is 1. The van der Waals surface area contributed by atoms with Gasteiger partial charge in [0.25, 0.3) is 0 Å². The van der Waals surface area contributed by atoms with Crippen LogP contribution in [-0.2, 0) is 28.6 Å². The summed E-state index contributed by atoms with van der Waals surface area (Å²) in [6.07, 6.45) is 10.5. The second-order valence-corrected chi connectivity index (χ2v) is 12.4. The molecule has 0 aromatic heterocycles. The number of halogens is 3. The van der Waals surface area contributed by atoms with E-state index < -0.39 is 17.8 Å². The first kappa shape index (κ1) is 50.2. The summed E-state index contributed by atoms with van der Waals surface area (Å²) in [7, 11) is 0. The van der Waals surface area contributed by atoms with Crippen molar-refractivity contribution in [3.63, 3.8) is 0 Å². The monoisotopic (exact) mass is 734 g/mol. The van der Waals surface area contributed by atoms with Crippen LogP contribution in [0.3, 0.4) is 0 Å². The Morgan fingerprint density at radius 2 is 1.44 bits per heavy atom. The maximum absolute atomic E-state index is 12.8. The number of benzene rings is 2. The summed E-state index contributed by atoms with van der Waals surface area (Å²) in [4.78, 5) is 25.3. The molecular weight excluding hydrogens is 663 g/mol. The first-order valence-electron chi connectivity index (χ1n) is 19.1. The number of hydrogen-bond donors (Lipinski definition) is 5. The number of aryl methyl sites for hydroxylation is 3. The first-order chi connectivity index (χ1) is 24.8. The quantitative estimate of drug-likeness (QED) is 0.0982. The van der Waals surface area contributed by atoms with Gasteiger partial charge in [0.2, 0.25) is 11.8 Å². The minimum Gasteiger partial charge on any atom is -0.386 e. The molecule has 0 aliphatic rings. The van der Waals surface area contributed by atoms with E-state index in [4.69, 9.17) is 5.73 Å². The molecule has 0 heterocycles. The Hall–Kier alpha value is -3.95. The number of carbonyl (C=O) groups excluding carboxylic acids is 2. The van der Waals surface area contributed by atoms with E-state index in [0.29, 0.717) is 17.9 Å². The van der Waals surface area contributed by atoms with Crippen LogP contribution >= 0.6 is 0 Å². The maximum Gasteiger partial charge on any atom is 0.416 e. The van der Waals surface area contributed by atoms with Gasteiger partial charge >= 0.3 is 6.18 Å². The summed E-state index contributed by atoms with van der Waals surface area (Å²) < 4.78 is 35.9. The molecular formula is C42H70F3N5O2. The van der Waals surface area contributed by atoms with Crippen LogP contribution in [-0.4, -0.2) is 37.5 Å². The smallest absolute Gasteiger partial charge is 0.386 e. The van der Waals surface area contributed by atoms with Crippen molar-refractivity contribution in [2.75, 3.05) is 19.6 Å². The fourth-order valence-corrected chi connectivity index (χ4v) is 4.66. The molecule has 6 N–H and O–H groups in total. The van der Waals surface area contributed by atoms with Crippen LogP contribution in [0.25, 0.3) is 0 Å². The zero-order chi connectivity index (χ0) is 39.8. The summed E-state index contributed by atoms with van der Waals surface area (Å²) >= 11 is 0. The van der Waals surface area contributed by atoms with Gasteiger partial charge in [0, 0.05) is 18.8 Å². The van der Waals surface area contributed by atoms with Crippen molar-refractivity contribution in [3.05, 3.63) is 94.5 Å². The van der Waals surface area contributed by atoms with E-state index >= 15 is 0 Å². The van der Waals surface area contributed by atoms with Crippen LogP contribution in [0.15, 0.2) is 72.2 Å². The van der Waals surface area contributed by atoms with Gasteiger partial charge in [0.05, 0.1) is 17.9 Å². The van der Waals surface area contributed by atoms with Crippen molar-refractivity contribution >= 4 is 11.8 Å². The van der Waals surface area contributed by atoms with E-state index in [9.17, 15) is 22.8 Å². The highest BCUT2D eigenvalue weighted by Crippen LogP contribution is 2.29. The molecule has 0 fully saturated rings. The molecule has 0 saturated heterocycles. The fourth-order valence-electron chi connectivity index (χ4n) is 4.66. The molecule has 2 amide bonds. The average molecular weight is 734 g/mol. The minimum atomic E-state index is -4.22. The number of unbranched alkanes of at least 4 members (excludes halogenated alkanes) is 2. The van der Waals surface area contributed by atoms with Crippen LogP contribution in [0, 0.1) is 6.92 Å². The Morgan fingerprint density at radius 1 is 0.827 bits per heavy atom. The van der Waals surface area contributed by atoms with Crippen molar-refractivity contribution in [3.8, 4) is 0 Å². The lowest BCUT2D eigenvalue weighted by Crippen LogP contribution is -2.53. The summed E-state index contributed by atoms with van der Waals surface area (Å²) in [6, 6.07) is 13.0. The molecule has 1 unspecified atom stereocenters. The second-order valence-electron chi connectivity index (χ2n) is 12.4. The van der Waals surface area contributed by atoms with Gasteiger partial charge in [-0.15, -0.1) is 0 Å². The molecule has 296 valence electrons. The zero-order valence-electron chi connectivity index (χ0n) is 33.6. The molecule has 1 atom stereocenters. The Balaban J connectivity index is 0. The SMILES string of the molecule is C/C=C(/N)NCC(NC(=O)CN/C(=C/CC)CC)C(=O)NCCCc1ccccc1CCC.CCC.CCCCC.Cc1cccc(C(F)(F)F)c1. The van der Waals surface area contributed by atoms with Gasteiger partial charge in [0.15, 0.2) is 0 Å². The van der Waals surface area contributed by atoms with Crippen LogP contribution in [0.2, 0.25) is 0 Å². The largest absolute Gasteiger partial charge is 0.416 e. The summed E-state index contributed by atoms with van der Waals surface area (Å²) in [6.45, 7) is 19.3. The van der Waals surface area contributed by atoms with Crippen molar-refractivity contribution in [1.29, 1.82) is 0 Å². The lowest BCUT2D eigenvalue weighted by Gasteiger charge is -2.20. The third-order valence-corrected chi connectivity index (χ3v) is 7.39. The van der Waals surface area contributed by atoms with Gasteiger partial charge in [-0.1, -0.05) is 135 Å². The lowest BCUT2D eigenvalue weighted by atomic mass is 9.99. The first-order valence-corrected chi connectivity index (χ1v) is 19.1. The van der Waals surface area contributed by atoms with E-state index in [0.717, 1.165) is 56.4 Å². The average Bonchev–Trinajstić information content (AvgIpc) is 3.11. The summed E-state index contributed by atoms with van der Waals surface area (Å²) in [5.74, 6) is 0.00760. The zero-order valence-corrected chi connectivity index (χ0v) is 33.6. The van der Waals surface area contributed by atoms with Gasteiger partial charge in [-0.2, -0.15) is 13.2 Å². The number of allylic oxidation sites excluding steroid dienone is 3. The fraction of sp³-hybridized carbons (Fsp3) is 0.571. The Morgan fingerprint density at radius 3 is 1.90 bits per heavy atom. The topological polar surface area (TPSA) is 108 Å². The van der Waals surface area contributed by atoms with Crippen LogP contribution in [0.4, 0.5) is 13.2 Å². The number of hydrogen-bond acceptors (Lipinski definition) is 5. The molecule has 0 saturated carbocycles. The predicted molar refractivity (Wildman–Crippen MR) is 214 cm³/mol. The number of nitrogens with one attached hydrogen (secondary N) is 4. The standard InChI is InChI=1S/C26H43N5O2.C8H7F3.C5H12.C3H8/c1-5-12-20-14-9-10-15-21(20)16-11-17-28-26(33)23(18-30-24(27)8-4)31-25(32)19-29-22(7-3)13-6-2;1-6-3-2-4-7(5-6)8(9,10)11;1-3-5-4-2;1-3-2/h8-10,13-15,23,29-30H,5-7,11-12,16-19,27H2,1-4H3,(H,28,33)(H,31,32);2-5H,1H3;3-5H2,1-2H3;3H2,1-2H3/b22-13+,24-8-;;;. The predicted octanol–water partition coefficient (Wildman–Crippen LogP) is 9.50. The summed E-state index contributed by atoms with van der Waals surface area (Å²) in [5, 5.41) is 11.9. The van der Waals surface area contributed by atoms with Crippen LogP contribution < -0.4 is 27.0 Å². The molecule has 7 nitrogen and oxygen atoms in total. The van der Waals surface area contributed by atoms with E-state index in [1.807, 2.05) is 13.8 Å². The number of carbonyl (C=O) groups is 2. The third kappa shape index (κ3) is 25.9. The minimum absolute atomic E-state index is 0.122. The number of amides is 2. The van der Waals surface area contributed by atoms with E-state index in [1.54, 1.807) is 19.1 Å². The van der Waals surface area contributed by atoms with Gasteiger partial charge in [-0.05, 0) is 69.2 Å². The number of alkyl halides is 3. The Kier molecular flexibility index (Phi) is 30.6. The molecule has 2 aromatic rings. The molecule has 52 heavy (non-hydrogen) atoms. The van der Waals surface area contributed by atoms with Crippen molar-refractivity contribution < 1.29 is 22.8 Å². The molecule has 0 aliphatic carbocycles. The van der Waals surface area contributed by atoms with Crippen LogP contribution in [0.5, 0.6) is 0 Å². The van der Waals surface area contributed by atoms with E-state index in [1.165, 1.54) is 42.9 Å². The second kappa shape index (κ2) is 31.8. The third-order valence-electron chi connectivity index (χ3n) is 7.39. The number of rotatable bonds is 18. The maximum atomic E-state index is 12.8. The van der Waals surface area contributed by atoms with Crippen molar-refractivity contribution in [2.45, 2.75) is 139 Å². The van der Waals surface area contributed by atoms with Crippen molar-refractivity contribution in [2.24, 2.45) is 5.73 Å². The molecule has 10 heteroatoms. The molecule has 2 aromatic carbocycles. The highest BCUT2D eigenvalue weighted by molar-refractivity contribution is 5.88. The highest BCUT2D eigenvalue weighted by Gasteiger charge is 2.30. The van der Waals surface area contributed by atoms with Gasteiger partial charge < -0.3 is 27.0 Å². The molecule has 0 radical (unpaired) electrons. The van der Waals surface area contributed by atoms with Crippen LogP contribution in [0.1, 0.15) is 129 Å². The van der Waals surface area contributed by atoms with E-state index in [2.05, 4.69) is 93.2 Å². The molecule has 0 bridgehead atoms. The van der Waals surface area contributed by atoms with E-state index in [-0.39, 0.29) is 24.9 Å². The highest BCUT2D eigenvalue weighted by atomic mass is 19.4. The molecule has 0 spiro atoms. The van der Waals surface area contributed by atoms with Gasteiger partial charge in [-0.3, -0.25) is 9.59 Å². The van der Waals surface area contributed by atoms with Crippen molar-refractivity contribution in [1.82, 2.24) is 21.3 Å². The molecule has 0 aliphatic heterocycles. The van der Waals surface area contributed by atoms with Gasteiger partial charge in [0.1, 0.15) is 6.04 Å². The Labute approximate surface area is 313 Å². The molecule has 2 rings (SSSR count). The Bertz CT molecular complexity index is 1280. The normalized spacial score (nSPS) is 11.7.